The molecule has 1 aromatic heterocycles. The lowest BCUT2D eigenvalue weighted by atomic mass is 10.2. The summed E-state index contributed by atoms with van der Waals surface area (Å²) < 4.78 is 24.4. The largest absolute Gasteiger partial charge is 0.367 e. The van der Waals surface area contributed by atoms with Crippen LogP contribution in [0.2, 0.25) is 0 Å². The Morgan fingerprint density at radius 1 is 1.10 bits per heavy atom. The van der Waals surface area contributed by atoms with E-state index in [-0.39, 0.29) is 10.6 Å². The van der Waals surface area contributed by atoms with Crippen LogP contribution >= 0.6 is 0 Å². The van der Waals surface area contributed by atoms with E-state index in [9.17, 15) is 18.5 Å². The number of rotatable bonds is 6. The quantitative estimate of drug-likeness (QED) is 0.516. The van der Waals surface area contributed by atoms with Gasteiger partial charge in [0.25, 0.3) is 5.69 Å². The van der Waals surface area contributed by atoms with Gasteiger partial charge in [-0.2, -0.15) is 0 Å². The topological polar surface area (TPSA) is 99.9 Å². The third-order valence-corrected chi connectivity index (χ3v) is 5.93. The van der Waals surface area contributed by atoms with Crippen molar-refractivity contribution < 1.29 is 13.3 Å². The Balaban J connectivity index is 1.74. The maximum Gasteiger partial charge on any atom is 0.270 e. The molecule has 0 radical (unpaired) electrons. The van der Waals surface area contributed by atoms with E-state index in [0.717, 1.165) is 30.2 Å². The number of nitro benzene ring substituents is 1. The van der Waals surface area contributed by atoms with Gasteiger partial charge in [-0.1, -0.05) is 6.07 Å². The van der Waals surface area contributed by atoms with Crippen LogP contribution in [0.3, 0.4) is 0 Å². The standard InChI is InChI=1S/C19H25N5O4S/c1-21(2)14-15-4-7-19(20-13-15)23-10-8-22(9-11-23)17-6-5-16(24(25)26)12-18(17)29(3,27)28/h4-7,12-13H,8-11,14H2,1-3H3. The first-order valence-electron chi connectivity index (χ1n) is 9.23. The lowest BCUT2D eigenvalue weighted by Crippen LogP contribution is -2.47. The normalized spacial score (nSPS) is 15.0. The molecule has 1 saturated heterocycles. The minimum Gasteiger partial charge on any atom is -0.367 e. The van der Waals surface area contributed by atoms with E-state index in [0.29, 0.717) is 31.9 Å². The fourth-order valence-corrected chi connectivity index (χ4v) is 4.33. The van der Waals surface area contributed by atoms with E-state index in [4.69, 9.17) is 0 Å². The van der Waals surface area contributed by atoms with Crippen molar-refractivity contribution in [3.05, 3.63) is 52.2 Å². The fraction of sp³-hybridized carbons (Fsp3) is 0.421. The zero-order valence-electron chi connectivity index (χ0n) is 16.8. The number of nitro groups is 1. The van der Waals surface area contributed by atoms with Crippen molar-refractivity contribution >= 4 is 27.0 Å². The number of nitrogens with zero attached hydrogens (tertiary/aromatic N) is 5. The summed E-state index contributed by atoms with van der Waals surface area (Å²) in [5.74, 6) is 0.888. The molecule has 1 aromatic carbocycles. The van der Waals surface area contributed by atoms with Crippen molar-refractivity contribution in [3.8, 4) is 0 Å². The van der Waals surface area contributed by atoms with Gasteiger partial charge in [0.05, 0.1) is 15.5 Å². The highest BCUT2D eigenvalue weighted by atomic mass is 32.2. The second-order valence-corrected chi connectivity index (χ2v) is 9.40. The Bertz CT molecular complexity index is 984. The summed E-state index contributed by atoms with van der Waals surface area (Å²) in [6.07, 6.45) is 2.95. The lowest BCUT2D eigenvalue weighted by molar-refractivity contribution is -0.385. The molecule has 156 valence electrons. The highest BCUT2D eigenvalue weighted by molar-refractivity contribution is 7.90. The van der Waals surface area contributed by atoms with Gasteiger partial charge in [0.2, 0.25) is 0 Å². The summed E-state index contributed by atoms with van der Waals surface area (Å²) in [4.78, 5) is 21.2. The van der Waals surface area contributed by atoms with Gasteiger partial charge >= 0.3 is 0 Å². The molecule has 2 aromatic rings. The molecule has 10 heteroatoms. The molecule has 0 saturated carbocycles. The molecular formula is C19H25N5O4S. The van der Waals surface area contributed by atoms with Gasteiger partial charge in [-0.05, 0) is 31.8 Å². The van der Waals surface area contributed by atoms with Gasteiger partial charge in [0.15, 0.2) is 9.84 Å². The Morgan fingerprint density at radius 3 is 2.28 bits per heavy atom. The number of aromatic nitrogens is 1. The van der Waals surface area contributed by atoms with Crippen LogP contribution in [-0.4, -0.2) is 69.8 Å². The number of piperazine rings is 1. The zero-order valence-corrected chi connectivity index (χ0v) is 17.6. The molecule has 2 heterocycles. The van der Waals surface area contributed by atoms with Gasteiger partial charge < -0.3 is 14.7 Å². The van der Waals surface area contributed by atoms with Crippen molar-refractivity contribution in [1.82, 2.24) is 9.88 Å². The van der Waals surface area contributed by atoms with E-state index in [1.54, 1.807) is 0 Å². The summed E-state index contributed by atoms with van der Waals surface area (Å²) in [5.41, 5.74) is 1.42. The van der Waals surface area contributed by atoms with E-state index in [1.807, 2.05) is 31.3 Å². The maximum atomic E-state index is 12.2. The average molecular weight is 420 g/mol. The monoisotopic (exact) mass is 419 g/mol. The third kappa shape index (κ3) is 5.01. The number of non-ortho nitro benzene ring substituents is 1. The smallest absolute Gasteiger partial charge is 0.270 e. The third-order valence-electron chi connectivity index (χ3n) is 4.81. The van der Waals surface area contributed by atoms with Gasteiger partial charge in [-0.25, -0.2) is 13.4 Å². The van der Waals surface area contributed by atoms with E-state index in [1.165, 1.54) is 12.1 Å². The van der Waals surface area contributed by atoms with Crippen LogP contribution in [0.15, 0.2) is 41.4 Å². The molecule has 0 amide bonds. The van der Waals surface area contributed by atoms with Crippen molar-refractivity contribution in [2.24, 2.45) is 0 Å². The van der Waals surface area contributed by atoms with E-state index >= 15 is 0 Å². The van der Waals surface area contributed by atoms with Crippen LogP contribution in [-0.2, 0) is 16.4 Å². The molecule has 0 N–H and O–H groups in total. The van der Waals surface area contributed by atoms with E-state index < -0.39 is 14.8 Å². The van der Waals surface area contributed by atoms with Gasteiger partial charge in [-0.3, -0.25) is 10.1 Å². The molecule has 3 rings (SSSR count). The molecule has 0 unspecified atom stereocenters. The Morgan fingerprint density at radius 2 is 1.76 bits per heavy atom. The molecule has 29 heavy (non-hydrogen) atoms. The van der Waals surface area contributed by atoms with Crippen LogP contribution in [0.1, 0.15) is 5.56 Å². The summed E-state index contributed by atoms with van der Waals surface area (Å²) >= 11 is 0. The van der Waals surface area contributed by atoms with Crippen LogP contribution in [0.25, 0.3) is 0 Å². The first-order valence-corrected chi connectivity index (χ1v) is 11.1. The first kappa shape index (κ1) is 21.0. The molecule has 9 nitrogen and oxygen atoms in total. The maximum absolute atomic E-state index is 12.2. The second-order valence-electron chi connectivity index (χ2n) is 7.42. The van der Waals surface area contributed by atoms with Crippen LogP contribution in [0.4, 0.5) is 17.2 Å². The highest BCUT2D eigenvalue weighted by Gasteiger charge is 2.25. The predicted molar refractivity (Wildman–Crippen MR) is 112 cm³/mol. The van der Waals surface area contributed by atoms with Crippen molar-refractivity contribution in [3.63, 3.8) is 0 Å². The van der Waals surface area contributed by atoms with Crippen LogP contribution in [0, 0.1) is 10.1 Å². The SMILES string of the molecule is CN(C)Cc1ccc(N2CCN(c3ccc([N+](=O)[O-])cc3S(C)(=O)=O)CC2)nc1. The lowest BCUT2D eigenvalue weighted by Gasteiger charge is -2.37. The number of benzene rings is 1. The number of hydrogen-bond acceptors (Lipinski definition) is 8. The number of pyridine rings is 1. The molecule has 0 aliphatic carbocycles. The average Bonchev–Trinajstić information content (AvgIpc) is 2.67. The minimum atomic E-state index is -3.60. The Hall–Kier alpha value is -2.72. The minimum absolute atomic E-state index is 0.00804. The summed E-state index contributed by atoms with van der Waals surface area (Å²) in [6.45, 7) is 3.39. The number of sulfone groups is 1. The number of anilines is 2. The zero-order chi connectivity index (χ0) is 21.2. The van der Waals surface area contributed by atoms with Crippen molar-refractivity contribution in [2.75, 3.05) is 56.3 Å². The molecule has 0 bridgehead atoms. The first-order chi connectivity index (χ1) is 13.6. The van der Waals surface area contributed by atoms with Gasteiger partial charge in [0, 0.05) is 57.3 Å². The predicted octanol–water partition coefficient (Wildman–Crippen LogP) is 1.78. The van der Waals surface area contributed by atoms with Crippen LogP contribution < -0.4 is 9.80 Å². The fourth-order valence-electron chi connectivity index (χ4n) is 3.41. The van der Waals surface area contributed by atoms with Crippen LogP contribution in [0.5, 0.6) is 0 Å². The van der Waals surface area contributed by atoms with E-state index in [2.05, 4.69) is 20.9 Å². The molecule has 1 aliphatic rings. The molecule has 1 aliphatic heterocycles. The summed E-state index contributed by atoms with van der Waals surface area (Å²) in [6, 6.07) is 8.08. The molecular weight excluding hydrogens is 394 g/mol. The summed E-state index contributed by atoms with van der Waals surface area (Å²) in [5, 5.41) is 11.0. The van der Waals surface area contributed by atoms with Gasteiger partial charge in [0.1, 0.15) is 5.82 Å². The van der Waals surface area contributed by atoms with Gasteiger partial charge in [-0.15, -0.1) is 0 Å². The van der Waals surface area contributed by atoms with Crippen molar-refractivity contribution in [1.29, 1.82) is 0 Å². The Labute approximate surface area is 170 Å². The molecule has 0 spiro atoms. The highest BCUT2D eigenvalue weighted by Crippen LogP contribution is 2.30. The summed E-state index contributed by atoms with van der Waals surface area (Å²) in [7, 11) is 0.425. The molecule has 0 atom stereocenters. The second kappa shape index (κ2) is 8.34. The molecule has 1 fully saturated rings. The number of hydrogen-bond donors (Lipinski definition) is 0. The van der Waals surface area contributed by atoms with Crippen molar-refractivity contribution in [2.45, 2.75) is 11.4 Å². The Kier molecular flexibility index (Phi) is 6.04.